The topological polar surface area (TPSA) is 101 Å². The highest BCUT2D eigenvalue weighted by Gasteiger charge is 2.08. The number of hydrazone groups is 1. The molecule has 7 nitrogen and oxygen atoms in total. The van der Waals surface area contributed by atoms with Crippen molar-refractivity contribution in [3.8, 4) is 17.0 Å². The van der Waals surface area contributed by atoms with Gasteiger partial charge in [-0.05, 0) is 24.3 Å². The monoisotopic (exact) mass is 340 g/mol. The molecule has 0 fully saturated rings. The number of aromatic nitrogens is 1. The zero-order valence-electron chi connectivity index (χ0n) is 12.3. The summed E-state index contributed by atoms with van der Waals surface area (Å²) < 4.78 is 0. The Hall–Kier alpha value is -3.26. The summed E-state index contributed by atoms with van der Waals surface area (Å²) in [6.07, 6.45) is 1.50. The summed E-state index contributed by atoms with van der Waals surface area (Å²) in [7, 11) is 0. The van der Waals surface area contributed by atoms with Gasteiger partial charge < -0.3 is 5.11 Å². The molecule has 3 rings (SSSR count). The van der Waals surface area contributed by atoms with Crippen LogP contribution in [0.2, 0.25) is 0 Å². The van der Waals surface area contributed by atoms with Gasteiger partial charge in [-0.1, -0.05) is 12.1 Å². The maximum absolute atomic E-state index is 10.7. The Morgan fingerprint density at radius 2 is 1.96 bits per heavy atom. The van der Waals surface area contributed by atoms with E-state index in [1.807, 2.05) is 5.38 Å². The van der Waals surface area contributed by atoms with Crippen molar-refractivity contribution in [1.82, 2.24) is 4.98 Å². The van der Waals surface area contributed by atoms with Gasteiger partial charge in [0.2, 0.25) is 5.13 Å². The van der Waals surface area contributed by atoms with Crippen LogP contribution in [0, 0.1) is 10.1 Å². The molecule has 0 saturated heterocycles. The third-order valence-corrected chi connectivity index (χ3v) is 3.93. The number of benzene rings is 2. The van der Waals surface area contributed by atoms with Crippen LogP contribution in [0.3, 0.4) is 0 Å². The fourth-order valence-electron chi connectivity index (χ4n) is 1.97. The zero-order valence-corrected chi connectivity index (χ0v) is 13.1. The molecular weight excluding hydrogens is 328 g/mol. The summed E-state index contributed by atoms with van der Waals surface area (Å²) in [4.78, 5) is 14.6. The van der Waals surface area contributed by atoms with Crippen LogP contribution in [-0.4, -0.2) is 21.2 Å². The van der Waals surface area contributed by atoms with E-state index in [9.17, 15) is 15.2 Å². The fraction of sp³-hybridized carbons (Fsp3) is 0. The van der Waals surface area contributed by atoms with E-state index in [0.717, 1.165) is 5.56 Å². The fourth-order valence-corrected chi connectivity index (χ4v) is 2.63. The molecule has 0 radical (unpaired) electrons. The number of hydrogen-bond donors (Lipinski definition) is 2. The number of rotatable bonds is 5. The van der Waals surface area contributed by atoms with E-state index in [2.05, 4.69) is 15.5 Å². The van der Waals surface area contributed by atoms with Gasteiger partial charge in [-0.15, -0.1) is 11.3 Å². The molecule has 8 heteroatoms. The lowest BCUT2D eigenvalue weighted by atomic mass is 10.1. The number of para-hydroxylation sites is 1. The molecule has 2 aromatic carbocycles. The quantitative estimate of drug-likeness (QED) is 0.417. The predicted octanol–water partition coefficient (Wildman–Crippen LogP) is 3.87. The highest BCUT2D eigenvalue weighted by atomic mass is 32.1. The molecule has 3 aromatic rings. The van der Waals surface area contributed by atoms with Crippen molar-refractivity contribution in [2.45, 2.75) is 0 Å². The van der Waals surface area contributed by atoms with Gasteiger partial charge in [-0.2, -0.15) is 5.10 Å². The zero-order chi connectivity index (χ0) is 16.9. The van der Waals surface area contributed by atoms with Crippen LogP contribution in [-0.2, 0) is 0 Å². The largest absolute Gasteiger partial charge is 0.507 e. The number of thiazole rings is 1. The number of anilines is 1. The van der Waals surface area contributed by atoms with Gasteiger partial charge in [0.15, 0.2) is 0 Å². The molecule has 2 N–H and O–H groups in total. The van der Waals surface area contributed by atoms with E-state index in [1.54, 1.807) is 36.4 Å². The maximum atomic E-state index is 10.7. The van der Waals surface area contributed by atoms with Crippen LogP contribution >= 0.6 is 11.3 Å². The molecule has 0 aliphatic rings. The Morgan fingerprint density at radius 3 is 2.67 bits per heavy atom. The van der Waals surface area contributed by atoms with E-state index in [1.165, 1.54) is 29.7 Å². The van der Waals surface area contributed by atoms with Gasteiger partial charge in [-0.25, -0.2) is 4.98 Å². The molecule has 0 atom stereocenters. The Morgan fingerprint density at radius 1 is 1.21 bits per heavy atom. The lowest BCUT2D eigenvalue weighted by Gasteiger charge is -1.98. The van der Waals surface area contributed by atoms with Crippen LogP contribution in [0.4, 0.5) is 10.8 Å². The lowest BCUT2D eigenvalue weighted by Crippen LogP contribution is -1.90. The van der Waals surface area contributed by atoms with Crippen molar-refractivity contribution in [2.24, 2.45) is 5.10 Å². The van der Waals surface area contributed by atoms with Gasteiger partial charge in [0.25, 0.3) is 5.69 Å². The van der Waals surface area contributed by atoms with Gasteiger partial charge in [0, 0.05) is 28.6 Å². The standard InChI is InChI=1S/C16H12N4O3S/c21-15-4-2-1-3-12(15)9-17-19-16-18-14(10-24-16)11-5-7-13(8-6-11)20(22)23/h1-10,21H,(H,18,19)/b17-9+. The SMILES string of the molecule is O=[N+]([O-])c1ccc(-c2csc(N/N=C/c3ccccc3O)n2)cc1. The first-order valence-electron chi connectivity index (χ1n) is 6.91. The molecule has 0 aliphatic carbocycles. The van der Waals surface area contributed by atoms with Gasteiger partial charge in [0.1, 0.15) is 5.75 Å². The Bertz CT molecular complexity index is 890. The second-order valence-corrected chi connectivity index (χ2v) is 5.63. The Balaban J connectivity index is 1.69. The maximum Gasteiger partial charge on any atom is 0.269 e. The van der Waals surface area contributed by atoms with Crippen molar-refractivity contribution >= 4 is 28.4 Å². The van der Waals surface area contributed by atoms with Crippen LogP contribution < -0.4 is 5.43 Å². The first-order valence-corrected chi connectivity index (χ1v) is 7.79. The van der Waals surface area contributed by atoms with Crippen molar-refractivity contribution in [1.29, 1.82) is 0 Å². The van der Waals surface area contributed by atoms with Crippen molar-refractivity contribution in [2.75, 3.05) is 5.43 Å². The molecule has 1 aromatic heterocycles. The van der Waals surface area contributed by atoms with Gasteiger partial charge in [-0.3, -0.25) is 15.5 Å². The molecule has 0 spiro atoms. The highest BCUT2D eigenvalue weighted by molar-refractivity contribution is 7.14. The second-order valence-electron chi connectivity index (χ2n) is 4.77. The van der Waals surface area contributed by atoms with E-state index < -0.39 is 4.92 Å². The van der Waals surface area contributed by atoms with Crippen LogP contribution in [0.1, 0.15) is 5.56 Å². The average molecular weight is 340 g/mol. The molecule has 120 valence electrons. The molecule has 0 saturated carbocycles. The van der Waals surface area contributed by atoms with E-state index in [-0.39, 0.29) is 11.4 Å². The molecule has 0 amide bonds. The molecule has 1 heterocycles. The summed E-state index contributed by atoms with van der Waals surface area (Å²) in [6.45, 7) is 0. The number of nitro groups is 1. The van der Waals surface area contributed by atoms with Crippen molar-refractivity contribution in [3.63, 3.8) is 0 Å². The van der Waals surface area contributed by atoms with E-state index in [0.29, 0.717) is 16.4 Å². The number of phenolic OH excluding ortho intramolecular Hbond substituents is 1. The first-order chi connectivity index (χ1) is 11.6. The van der Waals surface area contributed by atoms with E-state index in [4.69, 9.17) is 0 Å². The summed E-state index contributed by atoms with van der Waals surface area (Å²) in [5, 5.41) is 26.8. The third-order valence-electron chi connectivity index (χ3n) is 3.18. The number of aromatic hydroxyl groups is 1. The minimum absolute atomic E-state index is 0.0413. The summed E-state index contributed by atoms with van der Waals surface area (Å²) in [5.41, 5.74) is 4.92. The number of non-ortho nitro benzene ring substituents is 1. The Kier molecular flexibility index (Phi) is 4.48. The van der Waals surface area contributed by atoms with Crippen molar-refractivity contribution in [3.05, 3.63) is 69.6 Å². The van der Waals surface area contributed by atoms with Crippen LogP contribution in [0.15, 0.2) is 59.0 Å². The smallest absolute Gasteiger partial charge is 0.269 e. The molecule has 24 heavy (non-hydrogen) atoms. The number of nitrogens with one attached hydrogen (secondary N) is 1. The van der Waals surface area contributed by atoms with Gasteiger partial charge in [0.05, 0.1) is 16.8 Å². The Labute approximate surface area is 141 Å². The summed E-state index contributed by atoms with van der Waals surface area (Å²) in [6, 6.07) is 13.1. The highest BCUT2D eigenvalue weighted by Crippen LogP contribution is 2.26. The minimum atomic E-state index is -0.439. The number of nitrogens with zero attached hydrogens (tertiary/aromatic N) is 3. The first kappa shape index (κ1) is 15.6. The van der Waals surface area contributed by atoms with Crippen LogP contribution in [0.5, 0.6) is 5.75 Å². The van der Waals surface area contributed by atoms with Gasteiger partial charge >= 0.3 is 0 Å². The third kappa shape index (κ3) is 3.55. The molecular formula is C16H12N4O3S. The normalized spacial score (nSPS) is 10.8. The average Bonchev–Trinajstić information content (AvgIpc) is 3.05. The predicted molar refractivity (Wildman–Crippen MR) is 93.5 cm³/mol. The molecule has 0 bridgehead atoms. The summed E-state index contributed by atoms with van der Waals surface area (Å²) >= 11 is 1.36. The second kappa shape index (κ2) is 6.88. The number of nitro benzene ring substituents is 1. The van der Waals surface area contributed by atoms with Crippen LogP contribution in [0.25, 0.3) is 11.3 Å². The molecule has 0 aliphatic heterocycles. The minimum Gasteiger partial charge on any atom is -0.507 e. The van der Waals surface area contributed by atoms with Crippen molar-refractivity contribution < 1.29 is 10.0 Å². The molecule has 0 unspecified atom stereocenters. The summed E-state index contributed by atoms with van der Waals surface area (Å²) in [5.74, 6) is 0.147. The lowest BCUT2D eigenvalue weighted by molar-refractivity contribution is -0.384. The van der Waals surface area contributed by atoms with E-state index >= 15 is 0 Å². The number of phenols is 1. The number of hydrogen-bond acceptors (Lipinski definition) is 7.